The number of hydrogen-bond donors (Lipinski definition) is 0. The molecule has 4 atom stereocenters. The summed E-state index contributed by atoms with van der Waals surface area (Å²) in [5.74, 6) is 1.24. The predicted octanol–water partition coefficient (Wildman–Crippen LogP) is 4.39. The van der Waals surface area contributed by atoms with E-state index < -0.39 is 17.7 Å². The van der Waals surface area contributed by atoms with Crippen molar-refractivity contribution < 1.29 is 19.1 Å². The molecule has 0 bridgehead atoms. The highest BCUT2D eigenvalue weighted by molar-refractivity contribution is 5.82. The first-order valence-electron chi connectivity index (χ1n) is 9.78. The molecule has 1 heterocycles. The highest BCUT2D eigenvalue weighted by Gasteiger charge is 2.40. The Kier molecular flexibility index (Phi) is 6.39. The normalized spacial score (nSPS) is 30.4. The molecule has 5 heteroatoms. The van der Waals surface area contributed by atoms with E-state index in [2.05, 4.69) is 20.8 Å². The average molecular weight is 354 g/mol. The molecule has 0 aromatic rings. The van der Waals surface area contributed by atoms with Crippen LogP contribution in [0.2, 0.25) is 0 Å². The van der Waals surface area contributed by atoms with Crippen LogP contribution < -0.4 is 0 Å². The molecular formula is C20H35NO4. The molecule has 25 heavy (non-hydrogen) atoms. The van der Waals surface area contributed by atoms with E-state index in [0.717, 1.165) is 19.3 Å². The Morgan fingerprint density at radius 2 is 1.80 bits per heavy atom. The van der Waals surface area contributed by atoms with E-state index in [1.165, 1.54) is 6.42 Å². The van der Waals surface area contributed by atoms with Gasteiger partial charge in [0.15, 0.2) is 0 Å². The van der Waals surface area contributed by atoms with Gasteiger partial charge in [-0.15, -0.1) is 0 Å². The maximum atomic E-state index is 12.8. The van der Waals surface area contributed by atoms with Crippen LogP contribution in [-0.2, 0) is 14.3 Å². The Bertz CT molecular complexity index is 483. The third kappa shape index (κ3) is 5.35. The first-order valence-corrected chi connectivity index (χ1v) is 9.78. The van der Waals surface area contributed by atoms with Crippen molar-refractivity contribution >= 4 is 12.1 Å². The summed E-state index contributed by atoms with van der Waals surface area (Å²) in [6.45, 7) is 12.7. The fourth-order valence-corrected chi connectivity index (χ4v) is 4.03. The number of carbonyl (C=O) groups excluding carboxylic acids is 2. The number of carbonyl (C=O) groups is 2. The van der Waals surface area contributed by atoms with E-state index in [9.17, 15) is 9.59 Å². The van der Waals surface area contributed by atoms with E-state index in [0.29, 0.717) is 30.7 Å². The van der Waals surface area contributed by atoms with Crippen molar-refractivity contribution in [3.8, 4) is 0 Å². The van der Waals surface area contributed by atoms with Gasteiger partial charge in [-0.2, -0.15) is 0 Å². The smallest absolute Gasteiger partial charge is 0.411 e. The predicted molar refractivity (Wildman–Crippen MR) is 97.2 cm³/mol. The molecule has 144 valence electrons. The van der Waals surface area contributed by atoms with Gasteiger partial charge in [0.1, 0.15) is 17.7 Å². The molecule has 1 amide bonds. The molecule has 0 aromatic heterocycles. The molecule has 2 aliphatic rings. The molecule has 5 nitrogen and oxygen atoms in total. The zero-order valence-corrected chi connectivity index (χ0v) is 16.7. The summed E-state index contributed by atoms with van der Waals surface area (Å²) in [7, 11) is 0. The SMILES string of the molecule is CC(C)[C@H]1CC[C@H](C)C[C@@H]1OC(=O)[C@@H]1CCCN1C(=O)OC(C)(C)C. The Balaban J connectivity index is 2.01. The zero-order chi connectivity index (χ0) is 18.8. The standard InChI is InChI=1S/C20H35NO4/c1-13(2)15-10-9-14(3)12-17(15)24-18(22)16-8-7-11-21(16)19(23)25-20(4,5)6/h13-17H,7-12H2,1-6H3/t14-,15+,16-,17-/m0/s1. The molecule has 0 unspecified atom stereocenters. The minimum atomic E-state index is -0.560. The average Bonchev–Trinajstić information content (AvgIpc) is 2.94. The Morgan fingerprint density at radius 3 is 2.40 bits per heavy atom. The van der Waals surface area contributed by atoms with Crippen molar-refractivity contribution in [2.24, 2.45) is 17.8 Å². The van der Waals surface area contributed by atoms with Crippen LogP contribution in [0.4, 0.5) is 4.79 Å². The maximum absolute atomic E-state index is 12.8. The molecule has 2 rings (SSSR count). The van der Waals surface area contributed by atoms with E-state index in [1.807, 2.05) is 20.8 Å². The van der Waals surface area contributed by atoms with Gasteiger partial charge in [0, 0.05) is 6.54 Å². The molecule has 0 N–H and O–H groups in total. The fraction of sp³-hybridized carbons (Fsp3) is 0.900. The van der Waals surface area contributed by atoms with Crippen molar-refractivity contribution in [1.29, 1.82) is 0 Å². The summed E-state index contributed by atoms with van der Waals surface area (Å²) in [6.07, 6.45) is 4.26. The molecule has 0 spiro atoms. The van der Waals surface area contributed by atoms with Crippen LogP contribution in [0, 0.1) is 17.8 Å². The Hall–Kier alpha value is -1.26. The molecule has 0 radical (unpaired) electrons. The lowest BCUT2D eigenvalue weighted by atomic mass is 9.75. The Labute approximate surface area is 152 Å². The second kappa shape index (κ2) is 7.96. The maximum Gasteiger partial charge on any atom is 0.411 e. The fourth-order valence-electron chi connectivity index (χ4n) is 4.03. The molecule has 1 saturated carbocycles. The first kappa shape index (κ1) is 20.1. The lowest BCUT2D eigenvalue weighted by Gasteiger charge is -2.37. The van der Waals surface area contributed by atoms with Gasteiger partial charge >= 0.3 is 12.1 Å². The van der Waals surface area contributed by atoms with Crippen molar-refractivity contribution in [3.05, 3.63) is 0 Å². The van der Waals surface area contributed by atoms with Gasteiger partial charge in [-0.25, -0.2) is 9.59 Å². The second-order valence-corrected chi connectivity index (χ2v) is 9.13. The van der Waals surface area contributed by atoms with Crippen LogP contribution in [0.15, 0.2) is 0 Å². The molecule has 1 aliphatic carbocycles. The summed E-state index contributed by atoms with van der Waals surface area (Å²) in [5, 5.41) is 0. The van der Waals surface area contributed by atoms with Gasteiger partial charge < -0.3 is 9.47 Å². The monoisotopic (exact) mass is 353 g/mol. The summed E-state index contributed by atoms with van der Waals surface area (Å²) in [4.78, 5) is 26.7. The van der Waals surface area contributed by atoms with Gasteiger partial charge in [0.25, 0.3) is 0 Å². The largest absolute Gasteiger partial charge is 0.461 e. The summed E-state index contributed by atoms with van der Waals surface area (Å²) >= 11 is 0. The van der Waals surface area contributed by atoms with Crippen LogP contribution in [0.25, 0.3) is 0 Å². The number of esters is 1. The van der Waals surface area contributed by atoms with Crippen molar-refractivity contribution in [3.63, 3.8) is 0 Å². The first-order chi connectivity index (χ1) is 11.6. The lowest BCUT2D eigenvalue weighted by molar-refractivity contribution is -0.161. The summed E-state index contributed by atoms with van der Waals surface area (Å²) in [6, 6.07) is -0.500. The van der Waals surface area contributed by atoms with Gasteiger partial charge in [0.2, 0.25) is 0 Å². The third-order valence-corrected chi connectivity index (χ3v) is 5.38. The summed E-state index contributed by atoms with van der Waals surface area (Å²) < 4.78 is 11.4. The number of hydrogen-bond acceptors (Lipinski definition) is 4. The highest BCUT2D eigenvalue weighted by Crippen LogP contribution is 2.36. The lowest BCUT2D eigenvalue weighted by Crippen LogP contribution is -2.46. The van der Waals surface area contributed by atoms with Crippen molar-refractivity contribution in [1.82, 2.24) is 4.90 Å². The van der Waals surface area contributed by atoms with Gasteiger partial charge in [-0.3, -0.25) is 4.90 Å². The van der Waals surface area contributed by atoms with Crippen LogP contribution >= 0.6 is 0 Å². The van der Waals surface area contributed by atoms with Crippen molar-refractivity contribution in [2.45, 2.75) is 91.4 Å². The zero-order valence-electron chi connectivity index (χ0n) is 16.7. The van der Waals surface area contributed by atoms with E-state index in [1.54, 1.807) is 4.90 Å². The molecule has 2 fully saturated rings. The van der Waals surface area contributed by atoms with E-state index in [-0.39, 0.29) is 12.1 Å². The number of nitrogens with zero attached hydrogens (tertiary/aromatic N) is 1. The topological polar surface area (TPSA) is 55.8 Å². The van der Waals surface area contributed by atoms with Crippen LogP contribution in [0.5, 0.6) is 0 Å². The molecular weight excluding hydrogens is 318 g/mol. The molecule has 1 aliphatic heterocycles. The highest BCUT2D eigenvalue weighted by atomic mass is 16.6. The van der Waals surface area contributed by atoms with Crippen LogP contribution in [-0.4, -0.2) is 41.3 Å². The van der Waals surface area contributed by atoms with Gasteiger partial charge in [-0.05, 0) is 64.2 Å². The molecule has 1 saturated heterocycles. The second-order valence-electron chi connectivity index (χ2n) is 9.13. The number of amides is 1. The minimum absolute atomic E-state index is 0.0302. The molecule has 0 aromatic carbocycles. The van der Waals surface area contributed by atoms with Gasteiger partial charge in [0.05, 0.1) is 0 Å². The van der Waals surface area contributed by atoms with E-state index >= 15 is 0 Å². The number of likely N-dealkylation sites (tertiary alicyclic amines) is 1. The van der Waals surface area contributed by atoms with Crippen LogP contribution in [0.3, 0.4) is 0 Å². The van der Waals surface area contributed by atoms with E-state index in [4.69, 9.17) is 9.47 Å². The quantitative estimate of drug-likeness (QED) is 0.706. The Morgan fingerprint density at radius 1 is 1.12 bits per heavy atom. The summed E-state index contributed by atoms with van der Waals surface area (Å²) in [5.41, 5.74) is -0.560. The van der Waals surface area contributed by atoms with Crippen molar-refractivity contribution in [2.75, 3.05) is 6.54 Å². The van der Waals surface area contributed by atoms with Gasteiger partial charge in [-0.1, -0.05) is 27.2 Å². The number of rotatable bonds is 3. The third-order valence-electron chi connectivity index (χ3n) is 5.38. The van der Waals surface area contributed by atoms with Crippen LogP contribution in [0.1, 0.15) is 73.6 Å². The number of ether oxygens (including phenoxy) is 2. The minimum Gasteiger partial charge on any atom is -0.461 e.